The molecular weight excluding hydrogens is 389 g/mol. The molecule has 0 N–H and O–H groups in total. The summed E-state index contributed by atoms with van der Waals surface area (Å²) >= 11 is 1.42. The number of unbranched alkanes of at least 4 members (excludes halogenated alkanes) is 2. The van der Waals surface area contributed by atoms with Crippen LogP contribution in [0.3, 0.4) is 0 Å². The highest BCUT2D eigenvalue weighted by molar-refractivity contribution is 7.88. The first kappa shape index (κ1) is 20.6. The summed E-state index contributed by atoms with van der Waals surface area (Å²) in [6.07, 6.45) is 4.05. The highest BCUT2D eigenvalue weighted by Gasteiger charge is 2.48. The number of rotatable bonds is 7. The Balaban J connectivity index is 2.27. The largest absolute Gasteiger partial charge is 0.534 e. The molecule has 0 atom stereocenters. The number of hydrogen-bond donors (Lipinski definition) is 0. The first-order valence-corrected chi connectivity index (χ1v) is 10.2. The van der Waals surface area contributed by atoms with Crippen LogP contribution in [0.25, 0.3) is 10.6 Å². The zero-order valence-electron chi connectivity index (χ0n) is 14.6. The summed E-state index contributed by atoms with van der Waals surface area (Å²) in [4.78, 5) is 0. The minimum absolute atomic E-state index is 0.274. The minimum atomic E-state index is -5.71. The molecule has 0 spiro atoms. The molecule has 0 saturated heterocycles. The van der Waals surface area contributed by atoms with Crippen molar-refractivity contribution in [3.63, 3.8) is 0 Å². The van der Waals surface area contributed by atoms with E-state index < -0.39 is 15.6 Å². The Kier molecular flexibility index (Phi) is 6.28. The maximum absolute atomic E-state index is 12.5. The summed E-state index contributed by atoms with van der Waals surface area (Å²) in [6.45, 7) is 5.08. The lowest BCUT2D eigenvalue weighted by atomic mass is 10.1. The van der Waals surface area contributed by atoms with Crippen molar-refractivity contribution < 1.29 is 25.8 Å². The maximum atomic E-state index is 12.5. The maximum Gasteiger partial charge on any atom is 0.534 e. The number of aromatic nitrogens is 2. The summed E-state index contributed by atoms with van der Waals surface area (Å²) in [5.74, 6) is -0.321. The van der Waals surface area contributed by atoms with Gasteiger partial charge in [-0.3, -0.25) is 0 Å². The molecule has 1 aromatic carbocycles. The third-order valence-corrected chi connectivity index (χ3v) is 5.63. The van der Waals surface area contributed by atoms with Crippen LogP contribution in [0.1, 0.15) is 42.3 Å². The van der Waals surface area contributed by atoms with Gasteiger partial charge in [0.25, 0.3) is 0 Å². The van der Waals surface area contributed by atoms with E-state index in [4.69, 9.17) is 0 Å². The third kappa shape index (κ3) is 4.73. The second-order valence-corrected chi connectivity index (χ2v) is 8.48. The van der Waals surface area contributed by atoms with Gasteiger partial charge in [0.15, 0.2) is 0 Å². The van der Waals surface area contributed by atoms with Crippen LogP contribution in [0.2, 0.25) is 0 Å². The smallest absolute Gasteiger partial charge is 0.375 e. The van der Waals surface area contributed by atoms with E-state index in [2.05, 4.69) is 21.3 Å². The van der Waals surface area contributed by atoms with Crippen molar-refractivity contribution in [2.75, 3.05) is 0 Å². The summed E-state index contributed by atoms with van der Waals surface area (Å²) in [6, 6.07) is 3.09. The molecular formula is C16H19F3N2O3S2. The van der Waals surface area contributed by atoms with Crippen molar-refractivity contribution in [1.82, 2.24) is 10.2 Å². The van der Waals surface area contributed by atoms with E-state index in [1.54, 1.807) is 12.1 Å². The molecule has 0 aliphatic carbocycles. The fraction of sp³-hybridized carbons (Fsp3) is 0.500. The molecule has 0 unspecified atom stereocenters. The van der Waals surface area contributed by atoms with Crippen molar-refractivity contribution in [2.45, 2.75) is 52.0 Å². The number of nitrogens with zero attached hydrogens (tertiary/aromatic N) is 2. The predicted octanol–water partition coefficient (Wildman–Crippen LogP) is 4.78. The molecule has 144 valence electrons. The van der Waals surface area contributed by atoms with Crippen LogP contribution in [0.15, 0.2) is 12.1 Å². The molecule has 2 rings (SSSR count). The lowest BCUT2D eigenvalue weighted by Crippen LogP contribution is -2.28. The second-order valence-electron chi connectivity index (χ2n) is 5.88. The molecule has 0 saturated carbocycles. The molecule has 1 aromatic heterocycles. The average molecular weight is 408 g/mol. The van der Waals surface area contributed by atoms with Crippen molar-refractivity contribution in [1.29, 1.82) is 0 Å². The zero-order valence-corrected chi connectivity index (χ0v) is 16.2. The van der Waals surface area contributed by atoms with E-state index in [0.29, 0.717) is 10.6 Å². The normalized spacial score (nSPS) is 12.4. The van der Waals surface area contributed by atoms with Gasteiger partial charge in [-0.05, 0) is 43.5 Å². The molecule has 0 fully saturated rings. The second kappa shape index (κ2) is 7.91. The Hall–Kier alpha value is -1.68. The molecule has 2 aromatic rings. The van der Waals surface area contributed by atoms with Crippen molar-refractivity contribution in [2.24, 2.45) is 0 Å². The van der Waals surface area contributed by atoms with Crippen molar-refractivity contribution in [3.05, 3.63) is 28.3 Å². The topological polar surface area (TPSA) is 69.2 Å². The fourth-order valence-electron chi connectivity index (χ4n) is 2.36. The fourth-order valence-corrected chi connectivity index (χ4v) is 3.81. The first-order chi connectivity index (χ1) is 12.0. The van der Waals surface area contributed by atoms with Gasteiger partial charge >= 0.3 is 15.6 Å². The Morgan fingerprint density at radius 2 is 1.73 bits per heavy atom. The SMILES string of the molecule is CCCCCc1nnc(-c2cc(C)c(OS(=O)(=O)C(F)(F)F)c(C)c2)s1. The molecule has 0 aliphatic heterocycles. The van der Waals surface area contributed by atoms with Crippen LogP contribution in [0.4, 0.5) is 13.2 Å². The Morgan fingerprint density at radius 1 is 1.12 bits per heavy atom. The first-order valence-electron chi connectivity index (χ1n) is 8.00. The summed E-state index contributed by atoms with van der Waals surface area (Å²) < 4.78 is 64.4. The molecule has 0 bridgehead atoms. The van der Waals surface area contributed by atoms with Crippen LogP contribution >= 0.6 is 11.3 Å². The summed E-state index contributed by atoms with van der Waals surface area (Å²) in [5.41, 5.74) is -4.26. The van der Waals surface area contributed by atoms with E-state index in [1.807, 2.05) is 0 Å². The van der Waals surface area contributed by atoms with Crippen LogP contribution in [0.5, 0.6) is 5.75 Å². The summed E-state index contributed by atoms with van der Waals surface area (Å²) in [5, 5.41) is 9.78. The monoisotopic (exact) mass is 408 g/mol. The molecule has 0 amide bonds. The van der Waals surface area contributed by atoms with Crippen LogP contribution in [-0.2, 0) is 16.5 Å². The van der Waals surface area contributed by atoms with E-state index >= 15 is 0 Å². The Morgan fingerprint density at radius 3 is 2.27 bits per heavy atom. The minimum Gasteiger partial charge on any atom is -0.375 e. The quantitative estimate of drug-likeness (QED) is 0.375. The van der Waals surface area contributed by atoms with Gasteiger partial charge in [0.2, 0.25) is 0 Å². The third-order valence-electron chi connectivity index (χ3n) is 3.64. The molecule has 1 heterocycles. The number of aryl methyl sites for hydroxylation is 3. The molecule has 5 nitrogen and oxygen atoms in total. The van der Waals surface area contributed by atoms with Gasteiger partial charge in [-0.2, -0.15) is 21.6 Å². The van der Waals surface area contributed by atoms with Gasteiger partial charge in [-0.25, -0.2) is 0 Å². The van der Waals surface area contributed by atoms with Gasteiger partial charge in [0, 0.05) is 12.0 Å². The number of hydrogen-bond acceptors (Lipinski definition) is 6. The van der Waals surface area contributed by atoms with Gasteiger partial charge in [-0.15, -0.1) is 10.2 Å². The lowest BCUT2D eigenvalue weighted by Gasteiger charge is -2.14. The Labute approximate surface area is 154 Å². The molecule has 0 aliphatic rings. The van der Waals surface area contributed by atoms with Crippen LogP contribution < -0.4 is 4.18 Å². The lowest BCUT2D eigenvalue weighted by molar-refractivity contribution is -0.0500. The van der Waals surface area contributed by atoms with E-state index in [-0.39, 0.29) is 16.9 Å². The zero-order chi connectivity index (χ0) is 19.5. The van der Waals surface area contributed by atoms with E-state index in [1.165, 1.54) is 25.2 Å². The van der Waals surface area contributed by atoms with Crippen molar-refractivity contribution >= 4 is 21.5 Å². The van der Waals surface area contributed by atoms with E-state index in [0.717, 1.165) is 30.7 Å². The number of halogens is 3. The van der Waals surface area contributed by atoms with Gasteiger partial charge in [0.1, 0.15) is 15.8 Å². The van der Waals surface area contributed by atoms with Crippen molar-refractivity contribution in [3.8, 4) is 16.3 Å². The van der Waals surface area contributed by atoms with Crippen LogP contribution in [-0.4, -0.2) is 24.1 Å². The standard InChI is InChI=1S/C16H19F3N2O3S2/c1-4-5-6-7-13-20-21-15(25-13)12-8-10(2)14(11(3)9-12)24-26(22,23)16(17,18)19/h8-9H,4-7H2,1-3H3. The highest BCUT2D eigenvalue weighted by atomic mass is 32.2. The van der Waals surface area contributed by atoms with E-state index in [9.17, 15) is 21.6 Å². The van der Waals surface area contributed by atoms with Gasteiger partial charge in [0.05, 0.1) is 0 Å². The highest BCUT2D eigenvalue weighted by Crippen LogP contribution is 2.35. The van der Waals surface area contributed by atoms with Gasteiger partial charge < -0.3 is 4.18 Å². The predicted molar refractivity (Wildman–Crippen MR) is 93.7 cm³/mol. The number of benzene rings is 1. The Bertz CT molecular complexity index is 854. The summed E-state index contributed by atoms with van der Waals surface area (Å²) in [7, 11) is -5.71. The van der Waals surface area contributed by atoms with Crippen LogP contribution in [0, 0.1) is 13.8 Å². The molecule has 10 heteroatoms. The average Bonchev–Trinajstić information content (AvgIpc) is 2.99. The number of alkyl halides is 3. The molecule has 26 heavy (non-hydrogen) atoms. The van der Waals surface area contributed by atoms with Gasteiger partial charge in [-0.1, -0.05) is 31.1 Å². The molecule has 0 radical (unpaired) electrons.